The number of thioether (sulfide) groups is 1. The first kappa shape index (κ1) is 15.8. The molecule has 0 spiro atoms. The van der Waals surface area contributed by atoms with Gasteiger partial charge in [0.2, 0.25) is 0 Å². The molecule has 0 amide bonds. The van der Waals surface area contributed by atoms with Crippen molar-refractivity contribution in [2.45, 2.75) is 9.79 Å². The van der Waals surface area contributed by atoms with Gasteiger partial charge in [0, 0.05) is 16.1 Å². The summed E-state index contributed by atoms with van der Waals surface area (Å²) < 4.78 is 27.2. The van der Waals surface area contributed by atoms with Crippen LogP contribution in [-0.2, 0) is 10.0 Å². The average Bonchev–Trinajstić information content (AvgIpc) is 2.47. The lowest BCUT2D eigenvalue weighted by Gasteiger charge is -2.09. The Balaban J connectivity index is 2.27. The van der Waals surface area contributed by atoms with Crippen LogP contribution in [0.1, 0.15) is 5.56 Å². The molecule has 2 aromatic carbocycles. The number of nitrogens with one attached hydrogen (secondary N) is 1. The molecule has 110 valence electrons. The van der Waals surface area contributed by atoms with E-state index in [9.17, 15) is 8.42 Å². The molecule has 0 aromatic heterocycles. The van der Waals surface area contributed by atoms with Crippen LogP contribution in [0.3, 0.4) is 0 Å². The smallest absolute Gasteiger partial charge is 0.261 e. The van der Waals surface area contributed by atoms with Crippen LogP contribution in [0, 0.1) is 0 Å². The van der Waals surface area contributed by atoms with Crippen molar-refractivity contribution < 1.29 is 8.42 Å². The number of thiocarbonyl (C=S) groups is 1. The predicted octanol–water partition coefficient (Wildman–Crippen LogP) is 2.84. The van der Waals surface area contributed by atoms with Crippen LogP contribution in [0.2, 0.25) is 0 Å². The zero-order valence-corrected chi connectivity index (χ0v) is 13.7. The standard InChI is InChI=1S/C14H14N2O2S3/c1-20-12-4-2-3-11(9-12)16-21(17,18)13-7-5-10(6-8-13)14(15)19/h2-9,16H,1H3,(H2,15,19). The van der Waals surface area contributed by atoms with Crippen LogP contribution in [0.5, 0.6) is 0 Å². The number of anilines is 1. The summed E-state index contributed by atoms with van der Waals surface area (Å²) in [5.41, 5.74) is 6.65. The van der Waals surface area contributed by atoms with E-state index >= 15 is 0 Å². The third kappa shape index (κ3) is 3.96. The third-order valence-corrected chi connectivity index (χ3v) is 5.13. The van der Waals surface area contributed by atoms with Crippen LogP contribution in [0.4, 0.5) is 5.69 Å². The normalized spacial score (nSPS) is 11.1. The van der Waals surface area contributed by atoms with Gasteiger partial charge in [-0.1, -0.05) is 30.4 Å². The fourth-order valence-electron chi connectivity index (χ4n) is 1.70. The fourth-order valence-corrected chi connectivity index (χ4v) is 3.34. The summed E-state index contributed by atoms with van der Waals surface area (Å²) in [6, 6.07) is 13.4. The van der Waals surface area contributed by atoms with Crippen LogP contribution in [0.15, 0.2) is 58.3 Å². The summed E-state index contributed by atoms with van der Waals surface area (Å²) in [6.07, 6.45) is 1.93. The Bertz CT molecular complexity index is 756. The van der Waals surface area contributed by atoms with Crippen LogP contribution >= 0.6 is 24.0 Å². The van der Waals surface area contributed by atoms with Gasteiger partial charge in [-0.3, -0.25) is 4.72 Å². The molecule has 0 unspecified atom stereocenters. The van der Waals surface area contributed by atoms with Gasteiger partial charge in [0.15, 0.2) is 0 Å². The zero-order valence-electron chi connectivity index (χ0n) is 11.2. The van der Waals surface area contributed by atoms with Crippen molar-refractivity contribution in [2.24, 2.45) is 5.73 Å². The number of sulfonamides is 1. The second-order valence-electron chi connectivity index (χ2n) is 4.23. The molecule has 2 rings (SSSR count). The maximum absolute atomic E-state index is 12.3. The monoisotopic (exact) mass is 338 g/mol. The number of hydrogen-bond donors (Lipinski definition) is 2. The molecule has 0 saturated carbocycles. The number of benzene rings is 2. The lowest BCUT2D eigenvalue weighted by atomic mass is 10.2. The first-order chi connectivity index (χ1) is 9.92. The summed E-state index contributed by atoms with van der Waals surface area (Å²) in [4.78, 5) is 1.38. The lowest BCUT2D eigenvalue weighted by Crippen LogP contribution is -2.14. The Morgan fingerprint density at radius 1 is 1.19 bits per heavy atom. The third-order valence-electron chi connectivity index (χ3n) is 2.77. The minimum atomic E-state index is -3.62. The molecule has 0 bridgehead atoms. The minimum Gasteiger partial charge on any atom is -0.389 e. The van der Waals surface area contributed by atoms with Crippen molar-refractivity contribution in [3.05, 3.63) is 54.1 Å². The summed E-state index contributed by atoms with van der Waals surface area (Å²) >= 11 is 6.39. The van der Waals surface area contributed by atoms with E-state index < -0.39 is 10.0 Å². The van der Waals surface area contributed by atoms with Crippen molar-refractivity contribution >= 4 is 44.7 Å². The molecular formula is C14H14N2O2S3. The van der Waals surface area contributed by atoms with Gasteiger partial charge in [0.05, 0.1) is 4.90 Å². The van der Waals surface area contributed by atoms with Crippen molar-refractivity contribution in [1.29, 1.82) is 0 Å². The van der Waals surface area contributed by atoms with Crippen LogP contribution in [0.25, 0.3) is 0 Å². The van der Waals surface area contributed by atoms with Crippen molar-refractivity contribution in [3.63, 3.8) is 0 Å². The average molecular weight is 338 g/mol. The van der Waals surface area contributed by atoms with Gasteiger partial charge in [-0.25, -0.2) is 8.42 Å². The Morgan fingerprint density at radius 3 is 2.43 bits per heavy atom. The molecule has 4 nitrogen and oxygen atoms in total. The quantitative estimate of drug-likeness (QED) is 0.648. The molecule has 2 aromatic rings. The second-order valence-corrected chi connectivity index (χ2v) is 7.23. The highest BCUT2D eigenvalue weighted by Gasteiger charge is 2.14. The molecule has 0 atom stereocenters. The Morgan fingerprint density at radius 2 is 1.86 bits per heavy atom. The molecule has 21 heavy (non-hydrogen) atoms. The highest BCUT2D eigenvalue weighted by atomic mass is 32.2. The molecule has 0 radical (unpaired) electrons. The Kier molecular flexibility index (Phi) is 4.87. The summed E-state index contributed by atoms with van der Waals surface area (Å²) in [5, 5.41) is 0. The van der Waals surface area contributed by atoms with Gasteiger partial charge in [0.25, 0.3) is 10.0 Å². The van der Waals surface area contributed by atoms with Crippen molar-refractivity contribution in [3.8, 4) is 0 Å². The first-order valence-corrected chi connectivity index (χ1v) is 9.11. The van der Waals surface area contributed by atoms with Gasteiger partial charge in [-0.2, -0.15) is 0 Å². The number of rotatable bonds is 5. The zero-order chi connectivity index (χ0) is 15.5. The highest BCUT2D eigenvalue weighted by molar-refractivity contribution is 7.98. The Hall–Kier alpha value is -1.57. The first-order valence-electron chi connectivity index (χ1n) is 5.99. The molecule has 7 heteroatoms. The number of hydrogen-bond acceptors (Lipinski definition) is 4. The highest BCUT2D eigenvalue weighted by Crippen LogP contribution is 2.22. The van der Waals surface area contributed by atoms with E-state index in [2.05, 4.69) is 4.72 Å². The maximum atomic E-state index is 12.3. The van der Waals surface area contributed by atoms with E-state index in [1.54, 1.807) is 42.1 Å². The summed E-state index contributed by atoms with van der Waals surface area (Å²) in [5.74, 6) is 0. The van der Waals surface area contributed by atoms with E-state index in [0.29, 0.717) is 11.3 Å². The molecule has 0 saturated heterocycles. The van der Waals surface area contributed by atoms with E-state index in [1.807, 2.05) is 12.3 Å². The van der Waals surface area contributed by atoms with E-state index in [0.717, 1.165) is 4.90 Å². The van der Waals surface area contributed by atoms with Gasteiger partial charge < -0.3 is 5.73 Å². The molecule has 0 heterocycles. The van der Waals surface area contributed by atoms with Gasteiger partial charge >= 0.3 is 0 Å². The fraction of sp³-hybridized carbons (Fsp3) is 0.0714. The van der Waals surface area contributed by atoms with E-state index in [-0.39, 0.29) is 9.88 Å². The Labute approximate surface area is 133 Å². The van der Waals surface area contributed by atoms with Gasteiger partial charge in [0.1, 0.15) is 4.99 Å². The predicted molar refractivity (Wildman–Crippen MR) is 91.4 cm³/mol. The van der Waals surface area contributed by atoms with Crippen LogP contribution in [-0.4, -0.2) is 19.7 Å². The minimum absolute atomic E-state index is 0.164. The molecule has 0 fully saturated rings. The SMILES string of the molecule is CSc1cccc(NS(=O)(=O)c2ccc(C(N)=S)cc2)c1. The topological polar surface area (TPSA) is 72.2 Å². The van der Waals surface area contributed by atoms with Crippen molar-refractivity contribution in [2.75, 3.05) is 11.0 Å². The van der Waals surface area contributed by atoms with Crippen molar-refractivity contribution in [1.82, 2.24) is 0 Å². The molecule has 3 N–H and O–H groups in total. The van der Waals surface area contributed by atoms with E-state index in [1.165, 1.54) is 12.1 Å². The second kappa shape index (κ2) is 6.46. The maximum Gasteiger partial charge on any atom is 0.261 e. The number of nitrogens with two attached hydrogens (primary N) is 1. The van der Waals surface area contributed by atoms with Crippen LogP contribution < -0.4 is 10.5 Å². The van der Waals surface area contributed by atoms with E-state index in [4.69, 9.17) is 18.0 Å². The molecule has 0 aliphatic carbocycles. The van der Waals surface area contributed by atoms with Gasteiger partial charge in [-0.05, 0) is 36.6 Å². The lowest BCUT2D eigenvalue weighted by molar-refractivity contribution is 0.601. The largest absolute Gasteiger partial charge is 0.389 e. The molecule has 0 aliphatic heterocycles. The summed E-state index contributed by atoms with van der Waals surface area (Å²) in [7, 11) is -3.62. The summed E-state index contributed by atoms with van der Waals surface area (Å²) in [6.45, 7) is 0. The molecular weight excluding hydrogens is 324 g/mol. The van der Waals surface area contributed by atoms with Gasteiger partial charge in [-0.15, -0.1) is 11.8 Å². The molecule has 0 aliphatic rings.